The van der Waals surface area contributed by atoms with Crippen molar-refractivity contribution in [1.29, 1.82) is 0 Å². The number of unbranched alkanes of at least 4 members (excludes halogenated alkanes) is 30. The first-order chi connectivity index (χ1) is 38.5. The van der Waals surface area contributed by atoms with Crippen LogP contribution in [-0.4, -0.2) is 37.2 Å². The molecular formula is C72H122O6. The lowest BCUT2D eigenvalue weighted by molar-refractivity contribution is -0.167. The molecule has 0 aromatic rings. The minimum absolute atomic E-state index is 0.0799. The Labute approximate surface area is 482 Å². The van der Waals surface area contributed by atoms with Crippen molar-refractivity contribution in [3.8, 4) is 0 Å². The smallest absolute Gasteiger partial charge is 0.306 e. The van der Waals surface area contributed by atoms with E-state index in [1.807, 2.05) is 0 Å². The van der Waals surface area contributed by atoms with Gasteiger partial charge in [0.1, 0.15) is 13.2 Å². The van der Waals surface area contributed by atoms with Gasteiger partial charge in [0.2, 0.25) is 0 Å². The fourth-order valence-corrected chi connectivity index (χ4v) is 9.10. The molecule has 0 saturated heterocycles. The van der Waals surface area contributed by atoms with Gasteiger partial charge in [-0.05, 0) is 109 Å². The van der Waals surface area contributed by atoms with Crippen molar-refractivity contribution >= 4 is 17.9 Å². The van der Waals surface area contributed by atoms with Crippen LogP contribution in [0.25, 0.3) is 0 Å². The second-order valence-corrected chi connectivity index (χ2v) is 21.6. The van der Waals surface area contributed by atoms with Gasteiger partial charge in [0, 0.05) is 19.3 Å². The van der Waals surface area contributed by atoms with Gasteiger partial charge in [0.15, 0.2) is 6.10 Å². The van der Waals surface area contributed by atoms with Gasteiger partial charge in [-0.15, -0.1) is 0 Å². The molecule has 0 aliphatic carbocycles. The molecule has 0 heterocycles. The van der Waals surface area contributed by atoms with E-state index in [9.17, 15) is 14.4 Å². The summed E-state index contributed by atoms with van der Waals surface area (Å²) in [6.45, 7) is 6.51. The summed E-state index contributed by atoms with van der Waals surface area (Å²) in [5.74, 6) is -0.884. The third-order valence-corrected chi connectivity index (χ3v) is 14.0. The molecular weight excluding hydrogens is 961 g/mol. The molecule has 6 nitrogen and oxygen atoms in total. The van der Waals surface area contributed by atoms with E-state index in [0.717, 1.165) is 116 Å². The molecule has 0 aliphatic rings. The van der Waals surface area contributed by atoms with Crippen LogP contribution in [0, 0.1) is 0 Å². The van der Waals surface area contributed by atoms with Crippen LogP contribution in [0.4, 0.5) is 0 Å². The third kappa shape index (κ3) is 62.9. The molecule has 446 valence electrons. The molecule has 1 unspecified atom stereocenters. The maximum atomic E-state index is 12.9. The van der Waals surface area contributed by atoms with Crippen LogP contribution in [0.15, 0.2) is 109 Å². The predicted molar refractivity (Wildman–Crippen MR) is 339 cm³/mol. The standard InChI is InChI=1S/C72H122O6/c1-4-7-10-13-16-19-22-25-26-27-28-29-30-31-32-33-34-35-36-37-38-39-40-41-42-43-44-45-46-48-50-53-56-59-62-65-71(74)77-68-69(67-76-70(73)64-61-58-55-52-49-24-21-18-15-12-9-6-3)78-72(75)66-63-60-57-54-51-47-23-20-17-14-11-8-5-2/h7,10,16,18-19,21,25-26,28-29,31-32,34-35,37-38,40-41,69H,4-6,8-9,11-15,17,20,22-24,27,30,33,36,39,42-68H2,1-3H3/b10-7-,19-16-,21-18-,26-25-,29-28-,32-31-,35-34-,38-37-,41-40-. The first-order valence-corrected chi connectivity index (χ1v) is 32.9. The van der Waals surface area contributed by atoms with Crippen molar-refractivity contribution in [2.24, 2.45) is 0 Å². The van der Waals surface area contributed by atoms with Crippen LogP contribution in [-0.2, 0) is 28.6 Å². The van der Waals surface area contributed by atoms with Crippen molar-refractivity contribution in [1.82, 2.24) is 0 Å². The molecule has 0 N–H and O–H groups in total. The Bertz CT molecular complexity index is 1570. The maximum Gasteiger partial charge on any atom is 0.306 e. The quantitative estimate of drug-likeness (QED) is 0.0261. The highest BCUT2D eigenvalue weighted by molar-refractivity contribution is 5.71. The van der Waals surface area contributed by atoms with Gasteiger partial charge in [0.05, 0.1) is 0 Å². The lowest BCUT2D eigenvalue weighted by Gasteiger charge is -2.18. The lowest BCUT2D eigenvalue weighted by Crippen LogP contribution is -2.30. The molecule has 6 heteroatoms. The van der Waals surface area contributed by atoms with E-state index in [4.69, 9.17) is 14.2 Å². The van der Waals surface area contributed by atoms with E-state index < -0.39 is 6.10 Å². The number of esters is 3. The maximum absolute atomic E-state index is 12.9. The summed E-state index contributed by atoms with van der Waals surface area (Å²) in [6, 6.07) is 0. The number of ether oxygens (including phenoxy) is 3. The molecule has 0 saturated carbocycles. The molecule has 0 aliphatic heterocycles. The van der Waals surface area contributed by atoms with E-state index in [2.05, 4.69) is 130 Å². The van der Waals surface area contributed by atoms with Gasteiger partial charge in [-0.3, -0.25) is 14.4 Å². The number of rotatable bonds is 59. The van der Waals surface area contributed by atoms with E-state index in [1.54, 1.807) is 0 Å². The lowest BCUT2D eigenvalue weighted by atomic mass is 10.0. The van der Waals surface area contributed by atoms with Gasteiger partial charge < -0.3 is 14.2 Å². The molecule has 0 spiro atoms. The van der Waals surface area contributed by atoms with Crippen LogP contribution in [0.1, 0.15) is 310 Å². The fraction of sp³-hybridized carbons (Fsp3) is 0.708. The van der Waals surface area contributed by atoms with Crippen LogP contribution >= 0.6 is 0 Å². The van der Waals surface area contributed by atoms with Crippen LogP contribution in [0.3, 0.4) is 0 Å². The Morgan fingerprint density at radius 1 is 0.269 bits per heavy atom. The number of carbonyl (C=O) groups is 3. The highest BCUT2D eigenvalue weighted by Gasteiger charge is 2.19. The van der Waals surface area contributed by atoms with Crippen LogP contribution in [0.5, 0.6) is 0 Å². The summed E-state index contributed by atoms with van der Waals surface area (Å²) < 4.78 is 16.9. The number of hydrogen-bond acceptors (Lipinski definition) is 6. The summed E-state index contributed by atoms with van der Waals surface area (Å²) >= 11 is 0. The highest BCUT2D eigenvalue weighted by atomic mass is 16.6. The number of hydrogen-bond donors (Lipinski definition) is 0. The van der Waals surface area contributed by atoms with Gasteiger partial charge >= 0.3 is 17.9 Å². The summed E-state index contributed by atoms with van der Waals surface area (Å²) in [4.78, 5) is 38.2. The van der Waals surface area contributed by atoms with Crippen molar-refractivity contribution in [2.45, 2.75) is 316 Å². The van der Waals surface area contributed by atoms with Crippen molar-refractivity contribution in [3.63, 3.8) is 0 Å². The molecule has 0 radical (unpaired) electrons. The minimum atomic E-state index is -0.781. The third-order valence-electron chi connectivity index (χ3n) is 14.0. The number of allylic oxidation sites excluding steroid dienone is 18. The van der Waals surface area contributed by atoms with Crippen molar-refractivity contribution in [3.05, 3.63) is 109 Å². The zero-order valence-corrected chi connectivity index (χ0v) is 51.2. The molecule has 0 aromatic carbocycles. The predicted octanol–water partition coefficient (Wildman–Crippen LogP) is 22.6. The largest absolute Gasteiger partial charge is 0.462 e. The molecule has 0 bridgehead atoms. The van der Waals surface area contributed by atoms with Gasteiger partial charge in [-0.2, -0.15) is 0 Å². The first kappa shape index (κ1) is 74.1. The second kappa shape index (κ2) is 65.6. The van der Waals surface area contributed by atoms with Gasteiger partial charge in [0.25, 0.3) is 0 Å². The Morgan fingerprint density at radius 3 is 0.821 bits per heavy atom. The molecule has 0 rings (SSSR count). The summed E-state index contributed by atoms with van der Waals surface area (Å²) in [5, 5.41) is 0. The van der Waals surface area contributed by atoms with Gasteiger partial charge in [-0.1, -0.05) is 291 Å². The summed E-state index contributed by atoms with van der Waals surface area (Å²) in [5.41, 5.74) is 0. The monoisotopic (exact) mass is 1080 g/mol. The van der Waals surface area contributed by atoms with Crippen LogP contribution in [0.2, 0.25) is 0 Å². The average Bonchev–Trinajstić information content (AvgIpc) is 3.44. The zero-order valence-electron chi connectivity index (χ0n) is 51.2. The van der Waals surface area contributed by atoms with E-state index in [0.29, 0.717) is 19.3 Å². The minimum Gasteiger partial charge on any atom is -0.462 e. The second-order valence-electron chi connectivity index (χ2n) is 21.6. The topological polar surface area (TPSA) is 78.9 Å². The molecule has 0 amide bonds. The summed E-state index contributed by atoms with van der Waals surface area (Å²) in [7, 11) is 0. The Hall–Kier alpha value is -3.93. The van der Waals surface area contributed by atoms with Crippen molar-refractivity contribution < 1.29 is 28.6 Å². The Kier molecular flexibility index (Phi) is 62.3. The Morgan fingerprint density at radius 2 is 0.500 bits per heavy atom. The van der Waals surface area contributed by atoms with E-state index in [1.165, 1.54) is 154 Å². The SMILES string of the molecule is CC/C=C\C/C=C\C/C=C\C/C=C\C/C=C\C/C=C\C/C=C\C/C=C\CCCCCCCCCCCCC(=O)OCC(COC(=O)CCCCCCC/C=C\CCCCC)OC(=O)CCCCCCCCCCCCCCC. The Balaban J connectivity index is 4.17. The highest BCUT2D eigenvalue weighted by Crippen LogP contribution is 2.16. The fourth-order valence-electron chi connectivity index (χ4n) is 9.10. The zero-order chi connectivity index (χ0) is 56.4. The normalized spacial score (nSPS) is 12.8. The molecule has 1 atom stereocenters. The van der Waals surface area contributed by atoms with Crippen LogP contribution < -0.4 is 0 Å². The number of carbonyl (C=O) groups excluding carboxylic acids is 3. The van der Waals surface area contributed by atoms with Crippen molar-refractivity contribution in [2.75, 3.05) is 13.2 Å². The van der Waals surface area contributed by atoms with E-state index in [-0.39, 0.29) is 31.1 Å². The van der Waals surface area contributed by atoms with Gasteiger partial charge in [-0.25, -0.2) is 0 Å². The summed E-state index contributed by atoms with van der Waals surface area (Å²) in [6.07, 6.45) is 89.6. The van der Waals surface area contributed by atoms with E-state index >= 15 is 0 Å². The molecule has 0 fully saturated rings. The molecule has 78 heavy (non-hydrogen) atoms. The first-order valence-electron chi connectivity index (χ1n) is 32.9. The average molecular weight is 1080 g/mol. The molecule has 0 aromatic heterocycles.